The molecule has 0 atom stereocenters. The highest BCUT2D eigenvalue weighted by Gasteiger charge is 2.24. The Labute approximate surface area is 132 Å². The highest BCUT2D eigenvalue weighted by molar-refractivity contribution is 9.11. The summed E-state index contributed by atoms with van der Waals surface area (Å²) in [5.74, 6) is 0. The Balaban J connectivity index is 2.28. The van der Waals surface area contributed by atoms with Crippen molar-refractivity contribution in [1.29, 1.82) is 0 Å². The van der Waals surface area contributed by atoms with Crippen molar-refractivity contribution in [1.82, 2.24) is 4.31 Å². The Morgan fingerprint density at radius 2 is 1.85 bits per heavy atom. The van der Waals surface area contributed by atoms with Gasteiger partial charge in [-0.2, -0.15) is 4.31 Å². The van der Waals surface area contributed by atoms with Crippen LogP contribution in [0, 0.1) is 13.8 Å². The first kappa shape index (κ1) is 15.7. The Morgan fingerprint density at radius 1 is 1.20 bits per heavy atom. The van der Waals surface area contributed by atoms with Crippen molar-refractivity contribution in [2.75, 3.05) is 7.05 Å². The van der Waals surface area contributed by atoms with Gasteiger partial charge in [0.15, 0.2) is 0 Å². The van der Waals surface area contributed by atoms with Crippen LogP contribution in [0.1, 0.15) is 16.7 Å². The highest BCUT2D eigenvalue weighted by Crippen LogP contribution is 2.32. The summed E-state index contributed by atoms with van der Waals surface area (Å²) in [7, 11) is -1.82. The van der Waals surface area contributed by atoms with Gasteiger partial charge in [-0.3, -0.25) is 0 Å². The number of aryl methyl sites for hydroxylation is 2. The van der Waals surface area contributed by atoms with Crippen molar-refractivity contribution in [3.8, 4) is 0 Å². The minimum absolute atomic E-state index is 0.373. The van der Waals surface area contributed by atoms with Gasteiger partial charge in [0.25, 0.3) is 10.0 Å². The minimum Gasteiger partial charge on any atom is -0.206 e. The molecule has 1 aromatic carbocycles. The maximum atomic E-state index is 12.5. The largest absolute Gasteiger partial charge is 0.252 e. The molecule has 108 valence electrons. The molecule has 0 unspecified atom stereocenters. The van der Waals surface area contributed by atoms with Gasteiger partial charge in [0, 0.05) is 13.6 Å². The van der Waals surface area contributed by atoms with Gasteiger partial charge >= 0.3 is 0 Å². The molecule has 0 fully saturated rings. The van der Waals surface area contributed by atoms with Crippen LogP contribution >= 0.6 is 27.3 Å². The Morgan fingerprint density at radius 3 is 2.40 bits per heavy atom. The van der Waals surface area contributed by atoms with Crippen LogP contribution in [0.25, 0.3) is 0 Å². The number of halogens is 1. The zero-order valence-electron chi connectivity index (χ0n) is 11.6. The summed E-state index contributed by atoms with van der Waals surface area (Å²) in [5, 5.41) is 0. The van der Waals surface area contributed by atoms with Gasteiger partial charge in [-0.05, 0) is 52.5 Å². The van der Waals surface area contributed by atoms with Crippen LogP contribution in [-0.2, 0) is 16.6 Å². The molecule has 0 aliphatic carbocycles. The van der Waals surface area contributed by atoms with Crippen molar-refractivity contribution in [3.05, 3.63) is 50.8 Å². The van der Waals surface area contributed by atoms with E-state index in [9.17, 15) is 8.42 Å². The van der Waals surface area contributed by atoms with E-state index in [2.05, 4.69) is 15.9 Å². The molecule has 3 nitrogen and oxygen atoms in total. The number of benzene rings is 1. The van der Waals surface area contributed by atoms with Crippen LogP contribution in [-0.4, -0.2) is 19.8 Å². The molecule has 1 heterocycles. The van der Waals surface area contributed by atoms with E-state index in [4.69, 9.17) is 0 Å². The lowest BCUT2D eigenvalue weighted by Crippen LogP contribution is -2.26. The summed E-state index contributed by atoms with van der Waals surface area (Å²) in [6.07, 6.45) is 0. The van der Waals surface area contributed by atoms with Gasteiger partial charge in [-0.25, -0.2) is 8.42 Å². The molecule has 6 heteroatoms. The summed E-state index contributed by atoms with van der Waals surface area (Å²) in [4.78, 5) is 0. The Bertz CT molecular complexity index is 703. The lowest BCUT2D eigenvalue weighted by Gasteiger charge is -2.17. The average molecular weight is 374 g/mol. The SMILES string of the molecule is Cc1ccccc1CN(C)S(=O)(=O)c1cc(C)c(Br)s1. The molecule has 0 aliphatic rings. The number of sulfonamides is 1. The molecule has 0 spiro atoms. The molecule has 2 aromatic rings. The summed E-state index contributed by atoms with van der Waals surface area (Å²) < 4.78 is 27.7. The van der Waals surface area contributed by atoms with E-state index in [1.165, 1.54) is 15.6 Å². The number of thiophene rings is 1. The van der Waals surface area contributed by atoms with E-state index in [1.54, 1.807) is 13.1 Å². The first-order valence-corrected chi connectivity index (χ1v) is 9.14. The predicted octanol–water partition coefficient (Wildman–Crippen LogP) is 3.95. The van der Waals surface area contributed by atoms with Gasteiger partial charge in [-0.1, -0.05) is 24.3 Å². The standard InChI is InChI=1S/C14H16BrNO2S2/c1-10-6-4-5-7-12(10)9-16(3)20(17,18)13-8-11(2)14(15)19-13/h4-8H,9H2,1-3H3. The second-order valence-electron chi connectivity index (χ2n) is 4.71. The van der Waals surface area contributed by atoms with Crippen molar-refractivity contribution in [2.24, 2.45) is 0 Å². The fourth-order valence-corrected chi connectivity index (χ4v) is 5.41. The molecule has 0 saturated heterocycles. The smallest absolute Gasteiger partial charge is 0.206 e. The summed E-state index contributed by atoms with van der Waals surface area (Å²) in [6.45, 7) is 4.26. The van der Waals surface area contributed by atoms with Gasteiger partial charge in [-0.15, -0.1) is 11.3 Å². The maximum Gasteiger partial charge on any atom is 0.252 e. The normalized spacial score (nSPS) is 12.1. The van der Waals surface area contributed by atoms with Gasteiger partial charge in [0.05, 0.1) is 3.79 Å². The third kappa shape index (κ3) is 3.14. The second kappa shape index (κ2) is 5.97. The molecule has 0 saturated carbocycles. The summed E-state index contributed by atoms with van der Waals surface area (Å²) in [5.41, 5.74) is 3.06. The molecule has 0 radical (unpaired) electrons. The van der Waals surface area contributed by atoms with E-state index in [1.807, 2.05) is 38.1 Å². The molecule has 2 rings (SSSR count). The fourth-order valence-electron chi connectivity index (χ4n) is 1.82. The van der Waals surface area contributed by atoms with E-state index in [0.29, 0.717) is 10.8 Å². The maximum absolute atomic E-state index is 12.5. The van der Waals surface area contributed by atoms with Crippen LogP contribution in [0.5, 0.6) is 0 Å². The lowest BCUT2D eigenvalue weighted by molar-refractivity contribution is 0.467. The second-order valence-corrected chi connectivity index (χ2v) is 9.35. The van der Waals surface area contributed by atoms with Gasteiger partial charge in [0.1, 0.15) is 4.21 Å². The Hall–Kier alpha value is -0.690. The van der Waals surface area contributed by atoms with Crippen LogP contribution in [0.3, 0.4) is 0 Å². The average Bonchev–Trinajstić information content (AvgIpc) is 2.73. The van der Waals surface area contributed by atoms with Gasteiger partial charge < -0.3 is 0 Å². The summed E-state index contributed by atoms with van der Waals surface area (Å²) in [6, 6.07) is 9.53. The molecule has 0 aliphatic heterocycles. The minimum atomic E-state index is -3.43. The number of nitrogens with zero attached hydrogens (tertiary/aromatic N) is 1. The molecule has 0 N–H and O–H groups in total. The van der Waals surface area contributed by atoms with Crippen molar-refractivity contribution in [2.45, 2.75) is 24.6 Å². The van der Waals surface area contributed by atoms with Crippen LogP contribution in [0.2, 0.25) is 0 Å². The molecular weight excluding hydrogens is 358 g/mol. The quantitative estimate of drug-likeness (QED) is 0.813. The first-order valence-electron chi connectivity index (χ1n) is 6.09. The molecule has 1 aromatic heterocycles. The van der Waals surface area contributed by atoms with E-state index in [0.717, 1.165) is 20.5 Å². The Kier molecular flexibility index (Phi) is 4.69. The van der Waals surface area contributed by atoms with Crippen LogP contribution in [0.4, 0.5) is 0 Å². The van der Waals surface area contributed by atoms with Crippen molar-refractivity contribution < 1.29 is 8.42 Å². The van der Waals surface area contributed by atoms with Gasteiger partial charge in [0.2, 0.25) is 0 Å². The topological polar surface area (TPSA) is 37.4 Å². The number of hydrogen-bond donors (Lipinski definition) is 0. The third-order valence-electron chi connectivity index (χ3n) is 3.15. The van der Waals surface area contributed by atoms with E-state index in [-0.39, 0.29) is 0 Å². The third-order valence-corrected chi connectivity index (χ3v) is 7.54. The van der Waals surface area contributed by atoms with E-state index < -0.39 is 10.0 Å². The molecule has 0 amide bonds. The number of hydrogen-bond acceptors (Lipinski definition) is 3. The van der Waals surface area contributed by atoms with E-state index >= 15 is 0 Å². The molecule has 0 bridgehead atoms. The fraction of sp³-hybridized carbons (Fsp3) is 0.286. The highest BCUT2D eigenvalue weighted by atomic mass is 79.9. The van der Waals surface area contributed by atoms with Crippen molar-refractivity contribution in [3.63, 3.8) is 0 Å². The number of rotatable bonds is 4. The lowest BCUT2D eigenvalue weighted by atomic mass is 10.1. The predicted molar refractivity (Wildman–Crippen MR) is 86.6 cm³/mol. The van der Waals surface area contributed by atoms with Crippen LogP contribution < -0.4 is 0 Å². The summed E-state index contributed by atoms with van der Waals surface area (Å²) >= 11 is 4.62. The monoisotopic (exact) mass is 373 g/mol. The zero-order chi connectivity index (χ0) is 14.9. The van der Waals surface area contributed by atoms with Crippen molar-refractivity contribution >= 4 is 37.3 Å². The molecule has 20 heavy (non-hydrogen) atoms. The molecular formula is C14H16BrNO2S2. The zero-order valence-corrected chi connectivity index (χ0v) is 14.8. The first-order chi connectivity index (χ1) is 9.32. The van der Waals surface area contributed by atoms with Crippen LogP contribution in [0.15, 0.2) is 38.3 Å².